The van der Waals surface area contributed by atoms with Crippen LogP contribution in [0.25, 0.3) is 6.08 Å². The van der Waals surface area contributed by atoms with Gasteiger partial charge in [0.05, 0.1) is 17.0 Å². The molecule has 2 aromatic rings. The molecule has 4 rings (SSSR count). The normalized spacial score (nSPS) is 17.4. The van der Waals surface area contributed by atoms with Crippen molar-refractivity contribution in [3.8, 4) is 11.5 Å². The molecule has 0 aliphatic carbocycles. The van der Waals surface area contributed by atoms with E-state index in [9.17, 15) is 4.79 Å². The number of hydrogen-bond donors (Lipinski definition) is 0. The number of fused-ring (bicyclic) bond motifs is 1. The van der Waals surface area contributed by atoms with Gasteiger partial charge in [0, 0.05) is 5.02 Å². The maximum absolute atomic E-state index is 12.9. The molecule has 6 heteroatoms. The van der Waals surface area contributed by atoms with Gasteiger partial charge in [-0.2, -0.15) is 10.1 Å². The summed E-state index contributed by atoms with van der Waals surface area (Å²) in [6, 6.07) is 11.0. The molecule has 0 fully saturated rings. The van der Waals surface area contributed by atoms with Crippen molar-refractivity contribution in [2.75, 3.05) is 11.8 Å². The van der Waals surface area contributed by atoms with E-state index in [0.29, 0.717) is 33.5 Å². The van der Waals surface area contributed by atoms with Gasteiger partial charge in [-0.15, -0.1) is 0 Å². The molecule has 2 aromatic carbocycles. The molecule has 0 aromatic heterocycles. The summed E-state index contributed by atoms with van der Waals surface area (Å²) in [5.74, 6) is 1.21. The van der Waals surface area contributed by atoms with Crippen LogP contribution in [0.4, 0.5) is 5.69 Å². The topological polar surface area (TPSA) is 51.1 Å². The average molecular weight is 355 g/mol. The Balaban J connectivity index is 1.70. The van der Waals surface area contributed by atoms with Crippen LogP contribution in [0.1, 0.15) is 18.1 Å². The third-order valence-corrected chi connectivity index (χ3v) is 4.65. The molecular weight excluding hydrogens is 340 g/mol. The summed E-state index contributed by atoms with van der Waals surface area (Å²) in [5.41, 5.74) is 3.55. The van der Waals surface area contributed by atoms with Crippen LogP contribution in [-0.4, -0.2) is 18.4 Å². The molecule has 5 nitrogen and oxygen atoms in total. The SMILES string of the molecule is CC1=NN(c2cccc(Cl)c2C)C(=O)C1=Cc1ccc2c(c1)OCO2. The van der Waals surface area contributed by atoms with Crippen LogP contribution in [0.5, 0.6) is 11.5 Å². The minimum Gasteiger partial charge on any atom is -0.454 e. The lowest BCUT2D eigenvalue weighted by Crippen LogP contribution is -2.22. The molecule has 0 bridgehead atoms. The van der Waals surface area contributed by atoms with Crippen LogP contribution in [0.2, 0.25) is 5.02 Å². The summed E-state index contributed by atoms with van der Waals surface area (Å²) in [6.07, 6.45) is 1.81. The molecule has 0 atom stereocenters. The quantitative estimate of drug-likeness (QED) is 0.760. The summed E-state index contributed by atoms with van der Waals surface area (Å²) >= 11 is 6.17. The number of carbonyl (C=O) groups is 1. The number of carbonyl (C=O) groups excluding carboxylic acids is 1. The van der Waals surface area contributed by atoms with E-state index >= 15 is 0 Å². The maximum Gasteiger partial charge on any atom is 0.280 e. The Kier molecular flexibility index (Phi) is 3.73. The van der Waals surface area contributed by atoms with E-state index in [2.05, 4.69) is 5.10 Å². The Morgan fingerprint density at radius 1 is 1.16 bits per heavy atom. The number of anilines is 1. The van der Waals surface area contributed by atoms with Gasteiger partial charge in [0.15, 0.2) is 11.5 Å². The van der Waals surface area contributed by atoms with Crippen molar-refractivity contribution < 1.29 is 14.3 Å². The number of ether oxygens (including phenoxy) is 2. The molecule has 0 saturated carbocycles. The molecular formula is C19H15ClN2O3. The van der Waals surface area contributed by atoms with E-state index in [1.807, 2.05) is 50.3 Å². The summed E-state index contributed by atoms with van der Waals surface area (Å²) in [6.45, 7) is 3.91. The predicted octanol–water partition coefficient (Wildman–Crippen LogP) is 4.18. The van der Waals surface area contributed by atoms with Gasteiger partial charge in [0.1, 0.15) is 0 Å². The van der Waals surface area contributed by atoms with Gasteiger partial charge >= 0.3 is 0 Å². The van der Waals surface area contributed by atoms with Crippen molar-refractivity contribution in [1.29, 1.82) is 0 Å². The van der Waals surface area contributed by atoms with Crippen molar-refractivity contribution >= 4 is 35.0 Å². The largest absolute Gasteiger partial charge is 0.454 e. The van der Waals surface area contributed by atoms with Crippen LogP contribution in [0.15, 0.2) is 47.1 Å². The average Bonchev–Trinajstić information content (AvgIpc) is 3.17. The van der Waals surface area contributed by atoms with Crippen LogP contribution < -0.4 is 14.5 Å². The smallest absolute Gasteiger partial charge is 0.280 e. The molecule has 2 aliphatic rings. The van der Waals surface area contributed by atoms with E-state index in [1.54, 1.807) is 6.07 Å². The van der Waals surface area contributed by atoms with Crippen LogP contribution in [-0.2, 0) is 4.79 Å². The van der Waals surface area contributed by atoms with Gasteiger partial charge in [-0.3, -0.25) is 4.79 Å². The zero-order valence-corrected chi connectivity index (χ0v) is 14.5. The van der Waals surface area contributed by atoms with Gasteiger partial charge in [0.2, 0.25) is 6.79 Å². The zero-order chi connectivity index (χ0) is 17.6. The molecule has 0 saturated heterocycles. The van der Waals surface area contributed by atoms with E-state index in [1.165, 1.54) is 5.01 Å². The third-order valence-electron chi connectivity index (χ3n) is 4.24. The monoisotopic (exact) mass is 354 g/mol. The summed E-state index contributed by atoms with van der Waals surface area (Å²) < 4.78 is 10.7. The highest BCUT2D eigenvalue weighted by Gasteiger charge is 2.30. The van der Waals surface area contributed by atoms with E-state index in [0.717, 1.165) is 11.1 Å². The van der Waals surface area contributed by atoms with Gasteiger partial charge in [-0.25, -0.2) is 0 Å². The van der Waals surface area contributed by atoms with Crippen molar-refractivity contribution in [3.05, 3.63) is 58.1 Å². The highest BCUT2D eigenvalue weighted by Crippen LogP contribution is 2.34. The van der Waals surface area contributed by atoms with Crippen molar-refractivity contribution in [1.82, 2.24) is 0 Å². The molecule has 0 spiro atoms. The summed E-state index contributed by atoms with van der Waals surface area (Å²) in [5, 5.41) is 6.41. The van der Waals surface area contributed by atoms with Crippen LogP contribution in [0.3, 0.4) is 0 Å². The lowest BCUT2D eigenvalue weighted by atomic mass is 10.1. The number of nitrogens with zero attached hydrogens (tertiary/aromatic N) is 2. The van der Waals surface area contributed by atoms with Crippen molar-refractivity contribution in [2.45, 2.75) is 13.8 Å². The van der Waals surface area contributed by atoms with Crippen LogP contribution >= 0.6 is 11.6 Å². The Morgan fingerprint density at radius 3 is 2.80 bits per heavy atom. The second-order valence-electron chi connectivity index (χ2n) is 5.86. The summed E-state index contributed by atoms with van der Waals surface area (Å²) in [4.78, 5) is 12.9. The second-order valence-corrected chi connectivity index (χ2v) is 6.26. The number of hydrogen-bond acceptors (Lipinski definition) is 4. The minimum atomic E-state index is -0.180. The highest BCUT2D eigenvalue weighted by molar-refractivity contribution is 6.34. The predicted molar refractivity (Wildman–Crippen MR) is 97.3 cm³/mol. The van der Waals surface area contributed by atoms with Crippen molar-refractivity contribution in [2.24, 2.45) is 5.10 Å². The number of benzene rings is 2. The van der Waals surface area contributed by atoms with Crippen LogP contribution in [0, 0.1) is 6.92 Å². The van der Waals surface area contributed by atoms with Gasteiger partial charge < -0.3 is 9.47 Å². The molecule has 1 amide bonds. The van der Waals surface area contributed by atoms with Crippen molar-refractivity contribution in [3.63, 3.8) is 0 Å². The second kappa shape index (κ2) is 5.93. The number of rotatable bonds is 2. The van der Waals surface area contributed by atoms with Gasteiger partial charge in [-0.05, 0) is 55.3 Å². The number of amides is 1. The fourth-order valence-electron chi connectivity index (χ4n) is 2.84. The molecule has 126 valence electrons. The Morgan fingerprint density at radius 2 is 1.96 bits per heavy atom. The molecule has 0 unspecified atom stereocenters. The standard InChI is InChI=1S/C19H15ClN2O3/c1-11-15(20)4-3-5-16(11)22-19(23)14(12(2)21-22)8-13-6-7-17-18(9-13)25-10-24-17/h3-9H,10H2,1-2H3. The lowest BCUT2D eigenvalue weighted by molar-refractivity contribution is -0.114. The summed E-state index contributed by atoms with van der Waals surface area (Å²) in [7, 11) is 0. The van der Waals surface area contributed by atoms with Gasteiger partial charge in [-0.1, -0.05) is 23.7 Å². The molecule has 25 heavy (non-hydrogen) atoms. The fraction of sp³-hybridized carbons (Fsp3) is 0.158. The Bertz CT molecular complexity index is 950. The molecule has 0 radical (unpaired) electrons. The first-order valence-corrected chi connectivity index (χ1v) is 8.19. The van der Waals surface area contributed by atoms with Gasteiger partial charge in [0.25, 0.3) is 5.91 Å². The fourth-order valence-corrected chi connectivity index (χ4v) is 3.01. The first kappa shape index (κ1) is 15.7. The van der Waals surface area contributed by atoms with E-state index in [-0.39, 0.29) is 12.7 Å². The molecule has 0 N–H and O–H groups in total. The first-order valence-electron chi connectivity index (χ1n) is 7.81. The number of halogens is 1. The molecule has 2 heterocycles. The van der Waals surface area contributed by atoms with E-state index < -0.39 is 0 Å². The third kappa shape index (κ3) is 2.66. The Hall–Kier alpha value is -2.79. The first-order chi connectivity index (χ1) is 12.0. The number of hydrazone groups is 1. The lowest BCUT2D eigenvalue weighted by Gasteiger charge is -2.15. The Labute approximate surface area is 150 Å². The van der Waals surface area contributed by atoms with E-state index in [4.69, 9.17) is 21.1 Å². The zero-order valence-electron chi connectivity index (χ0n) is 13.7. The highest BCUT2D eigenvalue weighted by atomic mass is 35.5. The minimum absolute atomic E-state index is 0.180. The molecule has 2 aliphatic heterocycles. The maximum atomic E-state index is 12.9.